The first-order chi connectivity index (χ1) is 18.2. The number of hydrogen-bond acceptors (Lipinski definition) is 7. The average Bonchev–Trinajstić information content (AvgIpc) is 2.94. The van der Waals surface area contributed by atoms with Gasteiger partial charge in [0.2, 0.25) is 5.88 Å². The Morgan fingerprint density at radius 2 is 1.57 bits per heavy atom. The van der Waals surface area contributed by atoms with Gasteiger partial charge in [-0.2, -0.15) is 0 Å². The van der Waals surface area contributed by atoms with E-state index in [1.54, 1.807) is 6.07 Å². The van der Waals surface area contributed by atoms with E-state index in [4.69, 9.17) is 4.74 Å². The van der Waals surface area contributed by atoms with Crippen molar-refractivity contribution in [2.45, 2.75) is 12.5 Å². The van der Waals surface area contributed by atoms with Crippen LogP contribution in [0.25, 0.3) is 10.9 Å². The van der Waals surface area contributed by atoms with Crippen LogP contribution in [0.15, 0.2) is 84.9 Å². The van der Waals surface area contributed by atoms with E-state index >= 15 is 0 Å². The third kappa shape index (κ3) is 5.40. The maximum absolute atomic E-state index is 11.6. The number of benzene rings is 3. The van der Waals surface area contributed by atoms with Crippen molar-refractivity contribution >= 4 is 22.3 Å². The fraction of sp³-hybridized carbons (Fsp3) is 0.276. The van der Waals surface area contributed by atoms with Crippen molar-refractivity contribution in [3.63, 3.8) is 0 Å². The summed E-state index contributed by atoms with van der Waals surface area (Å²) in [5, 5.41) is 21.5. The first kappa shape index (κ1) is 24.7. The highest BCUT2D eigenvalue weighted by molar-refractivity contribution is 5.90. The number of aromatic nitrogens is 1. The summed E-state index contributed by atoms with van der Waals surface area (Å²) in [4.78, 5) is 20.5. The molecule has 0 radical (unpaired) electrons. The molecule has 0 amide bonds. The van der Waals surface area contributed by atoms with Gasteiger partial charge in [-0.3, -0.25) is 15.0 Å². The number of pyridine rings is 1. The van der Waals surface area contributed by atoms with Gasteiger partial charge >= 0.3 is 0 Å². The largest absolute Gasteiger partial charge is 0.476 e. The number of anilines is 1. The van der Waals surface area contributed by atoms with E-state index in [0.717, 1.165) is 31.9 Å². The van der Waals surface area contributed by atoms with Crippen molar-refractivity contribution in [3.05, 3.63) is 106 Å². The van der Waals surface area contributed by atoms with Crippen molar-refractivity contribution in [1.82, 2.24) is 9.88 Å². The minimum absolute atomic E-state index is 0.00208. The second kappa shape index (κ2) is 11.4. The van der Waals surface area contributed by atoms with E-state index in [2.05, 4.69) is 63.3 Å². The summed E-state index contributed by atoms with van der Waals surface area (Å²) in [6, 6.07) is 28.2. The summed E-state index contributed by atoms with van der Waals surface area (Å²) in [6.07, 6.45) is 0.458. The van der Waals surface area contributed by atoms with Crippen LogP contribution >= 0.6 is 0 Å². The van der Waals surface area contributed by atoms with Crippen LogP contribution in [-0.2, 0) is 0 Å². The Morgan fingerprint density at radius 1 is 0.919 bits per heavy atom. The highest BCUT2D eigenvalue weighted by Gasteiger charge is 2.28. The summed E-state index contributed by atoms with van der Waals surface area (Å²) >= 11 is 0. The van der Waals surface area contributed by atoms with Gasteiger partial charge < -0.3 is 14.7 Å². The second-order valence-electron chi connectivity index (χ2n) is 9.09. The van der Waals surface area contributed by atoms with Crippen molar-refractivity contribution in [2.75, 3.05) is 44.3 Å². The molecule has 0 unspecified atom stereocenters. The first-order valence-electron chi connectivity index (χ1n) is 12.6. The zero-order chi connectivity index (χ0) is 25.6. The molecule has 0 atom stereocenters. The van der Waals surface area contributed by atoms with Crippen LogP contribution in [0.1, 0.15) is 23.6 Å². The quantitative estimate of drug-likeness (QED) is 0.201. The first-order valence-corrected chi connectivity index (χ1v) is 12.6. The molecule has 4 aromatic rings. The molecular formula is C29H30N4O4. The molecule has 190 valence electrons. The number of nitrogens with zero attached hydrogens (tertiary/aromatic N) is 4. The number of aliphatic hydroxyl groups is 1. The average molecular weight is 499 g/mol. The Kier molecular flexibility index (Phi) is 7.58. The molecule has 1 N–H and O–H groups in total. The van der Waals surface area contributed by atoms with Gasteiger partial charge in [0, 0.05) is 50.7 Å². The molecule has 1 aliphatic heterocycles. The van der Waals surface area contributed by atoms with E-state index in [1.165, 1.54) is 17.2 Å². The molecule has 8 nitrogen and oxygen atoms in total. The smallest absolute Gasteiger partial charge is 0.295 e. The molecule has 1 aliphatic rings. The zero-order valence-corrected chi connectivity index (χ0v) is 20.6. The number of para-hydroxylation sites is 1. The molecule has 5 rings (SSSR count). The summed E-state index contributed by atoms with van der Waals surface area (Å²) in [5.74, 6) is 0.367. The maximum atomic E-state index is 11.6. The highest BCUT2D eigenvalue weighted by Crippen LogP contribution is 2.36. The Labute approximate surface area is 215 Å². The lowest BCUT2D eigenvalue weighted by atomic mass is 9.96. The van der Waals surface area contributed by atoms with Crippen molar-refractivity contribution in [1.29, 1.82) is 0 Å². The Bertz CT molecular complexity index is 1300. The molecule has 2 heterocycles. The number of aliphatic hydroxyl groups excluding tert-OH is 1. The molecule has 8 heteroatoms. The topological polar surface area (TPSA) is 92.0 Å². The van der Waals surface area contributed by atoms with Gasteiger partial charge in [-0.15, -0.1) is 0 Å². The SMILES string of the molecule is O=[N+]([O-])c1cccc2cc(N3CCN(C(c4ccccc4)c4ccccc4)CC3)c(OCCCO)nc12. The Morgan fingerprint density at radius 3 is 2.16 bits per heavy atom. The minimum Gasteiger partial charge on any atom is -0.476 e. The van der Waals surface area contributed by atoms with E-state index < -0.39 is 4.92 Å². The van der Waals surface area contributed by atoms with E-state index in [9.17, 15) is 15.2 Å². The van der Waals surface area contributed by atoms with Gasteiger partial charge in [-0.05, 0) is 17.2 Å². The minimum atomic E-state index is -0.418. The monoisotopic (exact) mass is 498 g/mol. The van der Waals surface area contributed by atoms with Crippen LogP contribution in [0.3, 0.4) is 0 Å². The number of nitro benzene ring substituents is 1. The number of rotatable bonds is 9. The van der Waals surface area contributed by atoms with Crippen LogP contribution in [0.4, 0.5) is 11.4 Å². The molecule has 0 spiro atoms. The van der Waals surface area contributed by atoms with E-state index in [-0.39, 0.29) is 24.9 Å². The van der Waals surface area contributed by atoms with Crippen LogP contribution in [0, 0.1) is 10.1 Å². The highest BCUT2D eigenvalue weighted by atomic mass is 16.6. The number of piperazine rings is 1. The van der Waals surface area contributed by atoms with Crippen LogP contribution in [0.2, 0.25) is 0 Å². The number of ether oxygens (including phenoxy) is 1. The van der Waals surface area contributed by atoms with Gasteiger partial charge in [0.05, 0.1) is 17.6 Å². The third-order valence-corrected chi connectivity index (χ3v) is 6.76. The van der Waals surface area contributed by atoms with Gasteiger partial charge in [0.25, 0.3) is 5.69 Å². The standard InChI is InChI=1S/C29H30N4O4/c34-19-8-20-37-29-26(21-24-13-7-14-25(33(35)36)27(24)30-29)31-15-17-32(18-16-31)28(22-9-3-1-4-10-22)23-11-5-2-6-12-23/h1-7,9-14,21,28,34H,8,15-20H2. The molecule has 0 bridgehead atoms. The van der Waals surface area contributed by atoms with Gasteiger partial charge in [0.1, 0.15) is 5.69 Å². The predicted octanol–water partition coefficient (Wildman–Crippen LogP) is 4.82. The fourth-order valence-electron chi connectivity index (χ4n) is 4.97. The normalized spacial score (nSPS) is 14.3. The molecule has 1 fully saturated rings. The van der Waals surface area contributed by atoms with Crippen LogP contribution in [0.5, 0.6) is 5.88 Å². The van der Waals surface area contributed by atoms with Crippen molar-refractivity contribution < 1.29 is 14.8 Å². The molecule has 0 aliphatic carbocycles. The molecule has 3 aromatic carbocycles. The second-order valence-corrected chi connectivity index (χ2v) is 9.09. The Balaban J connectivity index is 1.43. The Hall–Kier alpha value is -4.01. The third-order valence-electron chi connectivity index (χ3n) is 6.76. The van der Waals surface area contributed by atoms with Crippen molar-refractivity contribution in [3.8, 4) is 5.88 Å². The van der Waals surface area contributed by atoms with Crippen LogP contribution < -0.4 is 9.64 Å². The van der Waals surface area contributed by atoms with Gasteiger partial charge in [-0.25, -0.2) is 4.98 Å². The molecule has 1 aromatic heterocycles. The fourth-order valence-corrected chi connectivity index (χ4v) is 4.97. The molecule has 0 saturated carbocycles. The summed E-state index contributed by atoms with van der Waals surface area (Å²) in [6.45, 7) is 3.47. The molecular weight excluding hydrogens is 468 g/mol. The van der Waals surface area contributed by atoms with Gasteiger partial charge in [-0.1, -0.05) is 72.8 Å². The van der Waals surface area contributed by atoms with E-state index in [1.807, 2.05) is 24.3 Å². The number of non-ortho nitro benzene ring substituents is 1. The maximum Gasteiger partial charge on any atom is 0.295 e. The number of nitro groups is 1. The molecule has 37 heavy (non-hydrogen) atoms. The van der Waals surface area contributed by atoms with E-state index in [0.29, 0.717) is 23.2 Å². The number of fused-ring (bicyclic) bond motifs is 1. The summed E-state index contributed by atoms with van der Waals surface area (Å²) < 4.78 is 5.94. The predicted molar refractivity (Wildman–Crippen MR) is 144 cm³/mol. The van der Waals surface area contributed by atoms with Crippen LogP contribution in [-0.4, -0.2) is 59.3 Å². The number of hydrogen-bond donors (Lipinski definition) is 1. The summed E-state index contributed by atoms with van der Waals surface area (Å²) in [7, 11) is 0. The lowest BCUT2D eigenvalue weighted by Crippen LogP contribution is -2.48. The van der Waals surface area contributed by atoms with Crippen molar-refractivity contribution in [2.24, 2.45) is 0 Å². The lowest BCUT2D eigenvalue weighted by molar-refractivity contribution is -0.383. The molecule has 1 saturated heterocycles. The summed E-state index contributed by atoms with van der Waals surface area (Å²) in [5.41, 5.74) is 3.60. The zero-order valence-electron chi connectivity index (χ0n) is 20.6. The lowest BCUT2D eigenvalue weighted by Gasteiger charge is -2.41. The van der Waals surface area contributed by atoms with Gasteiger partial charge in [0.15, 0.2) is 5.52 Å².